The molecule has 0 radical (unpaired) electrons. The minimum Gasteiger partial charge on any atom is -0.450 e. The smallest absolute Gasteiger partial charge is 0.417 e. The molecular weight excluding hydrogens is 439 g/mol. The summed E-state index contributed by atoms with van der Waals surface area (Å²) in [5.41, 5.74) is -0.0718. The molecule has 2 aromatic rings. The van der Waals surface area contributed by atoms with Gasteiger partial charge >= 0.3 is 12.3 Å². The molecule has 8 nitrogen and oxygen atoms in total. The number of ether oxygens (including phenoxy) is 1. The molecule has 0 aliphatic carbocycles. The van der Waals surface area contributed by atoms with Crippen molar-refractivity contribution in [2.45, 2.75) is 59.2 Å². The molecule has 0 aromatic carbocycles. The Kier molecular flexibility index (Phi) is 8.84. The van der Waals surface area contributed by atoms with E-state index in [1.165, 1.54) is 16.9 Å². The second kappa shape index (κ2) is 11.2. The van der Waals surface area contributed by atoms with E-state index in [2.05, 4.69) is 20.7 Å². The van der Waals surface area contributed by atoms with Gasteiger partial charge in [0.2, 0.25) is 0 Å². The molecule has 33 heavy (non-hydrogen) atoms. The second-order valence-electron chi connectivity index (χ2n) is 8.31. The molecule has 0 saturated carbocycles. The van der Waals surface area contributed by atoms with Gasteiger partial charge in [0.1, 0.15) is 0 Å². The van der Waals surface area contributed by atoms with Crippen LogP contribution in [0, 0.1) is 5.92 Å². The lowest BCUT2D eigenvalue weighted by molar-refractivity contribution is -0.137. The van der Waals surface area contributed by atoms with Gasteiger partial charge in [-0.3, -0.25) is 4.79 Å². The number of carbonyl (C=O) groups excluding carboxylic acids is 2. The van der Waals surface area contributed by atoms with Crippen LogP contribution in [0.2, 0.25) is 0 Å². The molecule has 11 heteroatoms. The predicted molar refractivity (Wildman–Crippen MR) is 116 cm³/mol. The van der Waals surface area contributed by atoms with Crippen molar-refractivity contribution in [1.82, 2.24) is 25.4 Å². The van der Waals surface area contributed by atoms with Crippen molar-refractivity contribution in [3.63, 3.8) is 0 Å². The summed E-state index contributed by atoms with van der Waals surface area (Å²) in [4.78, 5) is 28.6. The zero-order valence-electron chi connectivity index (χ0n) is 19.4. The fourth-order valence-corrected chi connectivity index (χ4v) is 3.36. The first-order valence-electron chi connectivity index (χ1n) is 10.8. The van der Waals surface area contributed by atoms with E-state index in [-0.39, 0.29) is 42.4 Å². The third-order valence-corrected chi connectivity index (χ3v) is 4.75. The molecule has 0 bridgehead atoms. The Balaban J connectivity index is 2.21. The van der Waals surface area contributed by atoms with E-state index in [1.54, 1.807) is 6.92 Å². The zero-order chi connectivity index (χ0) is 24.8. The Labute approximate surface area is 190 Å². The maximum absolute atomic E-state index is 12.9. The number of amides is 2. The molecule has 0 aliphatic rings. The van der Waals surface area contributed by atoms with Gasteiger partial charge in [-0.2, -0.15) is 18.3 Å². The second-order valence-corrected chi connectivity index (χ2v) is 8.31. The van der Waals surface area contributed by atoms with Crippen LogP contribution in [0.5, 0.6) is 0 Å². The third-order valence-electron chi connectivity index (χ3n) is 4.75. The van der Waals surface area contributed by atoms with Crippen molar-refractivity contribution in [3.05, 3.63) is 41.3 Å². The van der Waals surface area contributed by atoms with Crippen molar-refractivity contribution in [3.8, 4) is 5.82 Å². The van der Waals surface area contributed by atoms with Crippen LogP contribution < -0.4 is 10.6 Å². The largest absolute Gasteiger partial charge is 0.450 e. The Hall–Kier alpha value is -3.11. The van der Waals surface area contributed by atoms with Crippen molar-refractivity contribution >= 4 is 12.0 Å². The van der Waals surface area contributed by atoms with Crippen LogP contribution in [0.15, 0.2) is 24.5 Å². The summed E-state index contributed by atoms with van der Waals surface area (Å²) in [5.74, 6) is -0.126. The molecule has 2 rings (SSSR count). The van der Waals surface area contributed by atoms with Gasteiger partial charge in [-0.15, -0.1) is 0 Å². The van der Waals surface area contributed by atoms with E-state index in [1.807, 2.05) is 27.7 Å². The zero-order valence-corrected chi connectivity index (χ0v) is 19.4. The Morgan fingerprint density at radius 1 is 1.15 bits per heavy atom. The van der Waals surface area contributed by atoms with Crippen molar-refractivity contribution in [2.24, 2.45) is 5.92 Å². The molecule has 0 spiro atoms. The molecule has 182 valence electrons. The summed E-state index contributed by atoms with van der Waals surface area (Å²) in [7, 11) is 0. The number of hydrogen-bond donors (Lipinski definition) is 2. The van der Waals surface area contributed by atoms with Gasteiger partial charge < -0.3 is 15.4 Å². The number of aromatic nitrogens is 3. The standard InChI is InChI=1S/C22H30F3N5O3/c1-6-33-21(32)29-16(9-13(2)3)11-27-20(31)17-12-28-30(19(17)14(4)5)18-8-7-15(10-26-18)22(23,24)25/h7-8,10,12-14,16H,6,9,11H2,1-5H3,(H,27,31)(H,29,32). The number of nitrogens with one attached hydrogen (secondary N) is 2. The van der Waals surface area contributed by atoms with E-state index in [4.69, 9.17) is 4.74 Å². The quantitative estimate of drug-likeness (QED) is 0.571. The molecule has 0 aliphatic heterocycles. The Morgan fingerprint density at radius 3 is 2.36 bits per heavy atom. The summed E-state index contributed by atoms with van der Waals surface area (Å²) in [6, 6.07) is 1.80. The van der Waals surface area contributed by atoms with Crippen LogP contribution in [0.3, 0.4) is 0 Å². The van der Waals surface area contributed by atoms with E-state index < -0.39 is 23.7 Å². The third kappa shape index (κ3) is 7.19. The Bertz CT molecular complexity index is 940. The van der Waals surface area contributed by atoms with Crippen LogP contribution in [-0.4, -0.2) is 46.0 Å². The first-order chi connectivity index (χ1) is 15.4. The molecule has 2 heterocycles. The van der Waals surface area contributed by atoms with Crippen LogP contribution in [0.4, 0.5) is 18.0 Å². The van der Waals surface area contributed by atoms with Crippen LogP contribution in [-0.2, 0) is 10.9 Å². The number of alkyl halides is 3. The van der Waals surface area contributed by atoms with Gasteiger partial charge in [-0.05, 0) is 37.3 Å². The monoisotopic (exact) mass is 469 g/mol. The first kappa shape index (κ1) is 26.1. The summed E-state index contributed by atoms with van der Waals surface area (Å²) < 4.78 is 44.8. The maximum Gasteiger partial charge on any atom is 0.417 e. The number of rotatable bonds is 9. The fraction of sp³-hybridized carbons (Fsp3) is 0.545. The van der Waals surface area contributed by atoms with Crippen LogP contribution in [0.1, 0.15) is 68.6 Å². The normalized spacial score (nSPS) is 12.7. The van der Waals surface area contributed by atoms with Gasteiger partial charge in [-0.25, -0.2) is 14.5 Å². The fourth-order valence-electron chi connectivity index (χ4n) is 3.36. The van der Waals surface area contributed by atoms with Crippen LogP contribution >= 0.6 is 0 Å². The lowest BCUT2D eigenvalue weighted by Gasteiger charge is -2.21. The van der Waals surface area contributed by atoms with Crippen molar-refractivity contribution < 1.29 is 27.5 Å². The van der Waals surface area contributed by atoms with Gasteiger partial charge in [0.25, 0.3) is 5.91 Å². The van der Waals surface area contributed by atoms with E-state index in [9.17, 15) is 22.8 Å². The lowest BCUT2D eigenvalue weighted by Crippen LogP contribution is -2.44. The van der Waals surface area contributed by atoms with Crippen molar-refractivity contribution in [1.29, 1.82) is 0 Å². The van der Waals surface area contributed by atoms with E-state index in [0.717, 1.165) is 12.3 Å². The average Bonchev–Trinajstić information content (AvgIpc) is 3.16. The molecule has 2 amide bonds. The first-order valence-corrected chi connectivity index (χ1v) is 10.8. The van der Waals surface area contributed by atoms with Gasteiger partial charge in [0.15, 0.2) is 5.82 Å². The number of hydrogen-bond acceptors (Lipinski definition) is 5. The number of pyridine rings is 1. The van der Waals surface area contributed by atoms with Gasteiger partial charge in [0.05, 0.1) is 29.6 Å². The lowest BCUT2D eigenvalue weighted by atomic mass is 10.0. The molecule has 1 atom stereocenters. The summed E-state index contributed by atoms with van der Waals surface area (Å²) in [6.45, 7) is 9.81. The maximum atomic E-state index is 12.9. The van der Waals surface area contributed by atoms with Crippen molar-refractivity contribution in [2.75, 3.05) is 13.2 Å². The van der Waals surface area contributed by atoms with E-state index >= 15 is 0 Å². The molecule has 0 saturated heterocycles. The highest BCUT2D eigenvalue weighted by Gasteiger charge is 2.31. The molecule has 1 unspecified atom stereocenters. The number of halogens is 3. The minimum atomic E-state index is -4.49. The predicted octanol–water partition coefficient (Wildman–Crippen LogP) is 4.30. The summed E-state index contributed by atoms with van der Waals surface area (Å²) in [6.07, 6.45) is -2.32. The highest BCUT2D eigenvalue weighted by Crippen LogP contribution is 2.29. The Morgan fingerprint density at radius 2 is 1.85 bits per heavy atom. The van der Waals surface area contributed by atoms with Gasteiger partial charge in [0, 0.05) is 18.8 Å². The molecule has 2 N–H and O–H groups in total. The SMILES string of the molecule is CCOC(=O)NC(CNC(=O)c1cnn(-c2ccc(C(F)(F)F)cn2)c1C(C)C)CC(C)C. The average molecular weight is 470 g/mol. The molecular formula is C22H30F3N5O3. The highest BCUT2D eigenvalue weighted by atomic mass is 19.4. The highest BCUT2D eigenvalue weighted by molar-refractivity contribution is 5.95. The number of carbonyl (C=O) groups is 2. The van der Waals surface area contributed by atoms with Crippen LogP contribution in [0.25, 0.3) is 5.82 Å². The number of nitrogens with zero attached hydrogens (tertiary/aromatic N) is 3. The molecule has 0 fully saturated rings. The van der Waals surface area contributed by atoms with Gasteiger partial charge in [-0.1, -0.05) is 27.7 Å². The number of alkyl carbamates (subject to hydrolysis) is 1. The molecule has 2 aromatic heterocycles. The summed E-state index contributed by atoms with van der Waals surface area (Å²) >= 11 is 0. The minimum absolute atomic E-state index is 0.165. The topological polar surface area (TPSA) is 98.1 Å². The summed E-state index contributed by atoms with van der Waals surface area (Å²) in [5, 5.41) is 9.74. The van der Waals surface area contributed by atoms with E-state index in [0.29, 0.717) is 12.1 Å².